The first kappa shape index (κ1) is 16.5. The lowest BCUT2D eigenvalue weighted by atomic mass is 9.77. The minimum Gasteiger partial charge on any atom is -0.497 e. The largest absolute Gasteiger partial charge is 0.497 e. The first-order chi connectivity index (χ1) is 13.3. The van der Waals surface area contributed by atoms with Crippen molar-refractivity contribution in [3.63, 3.8) is 0 Å². The number of anilines is 1. The lowest BCUT2D eigenvalue weighted by Crippen LogP contribution is -2.29. The summed E-state index contributed by atoms with van der Waals surface area (Å²) in [5.74, 6) is 2.34. The van der Waals surface area contributed by atoms with Gasteiger partial charge in [0.2, 0.25) is 0 Å². The highest BCUT2D eigenvalue weighted by molar-refractivity contribution is 8.00. The van der Waals surface area contributed by atoms with Gasteiger partial charge in [-0.05, 0) is 40.1 Å². The van der Waals surface area contributed by atoms with Crippen LogP contribution < -0.4 is 10.1 Å². The third-order valence-electron chi connectivity index (χ3n) is 5.37. The fraction of sp³-hybridized carbons (Fsp3) is 0.174. The van der Waals surface area contributed by atoms with E-state index in [9.17, 15) is 4.79 Å². The van der Waals surface area contributed by atoms with E-state index in [1.807, 2.05) is 12.1 Å². The summed E-state index contributed by atoms with van der Waals surface area (Å²) in [5.41, 5.74) is 5.33. The normalized spacial score (nSPS) is 18.7. The highest BCUT2D eigenvalue weighted by atomic mass is 32.2. The van der Waals surface area contributed by atoms with Crippen LogP contribution in [0.2, 0.25) is 0 Å². The standard InChI is InChI=1S/C23H19NO2S/c1-26-16-7-4-6-15(11-16)21-22-17-8-3-2-5-14(17)9-10-18(22)24-19-12-27-13-20(25)23(19)21/h2-11,21,24H,12-13H2,1H3. The number of hydrogen-bond acceptors (Lipinski definition) is 4. The number of thioether (sulfide) groups is 1. The summed E-state index contributed by atoms with van der Waals surface area (Å²) in [7, 11) is 1.68. The minimum atomic E-state index is -0.0779. The summed E-state index contributed by atoms with van der Waals surface area (Å²) in [6.07, 6.45) is 0. The van der Waals surface area contributed by atoms with Gasteiger partial charge in [0.05, 0.1) is 12.9 Å². The average molecular weight is 373 g/mol. The molecule has 2 heterocycles. The Morgan fingerprint density at radius 2 is 1.93 bits per heavy atom. The number of hydrogen-bond donors (Lipinski definition) is 1. The van der Waals surface area contributed by atoms with Gasteiger partial charge >= 0.3 is 0 Å². The maximum atomic E-state index is 13.0. The van der Waals surface area contributed by atoms with Crippen molar-refractivity contribution in [2.24, 2.45) is 0 Å². The van der Waals surface area contributed by atoms with E-state index in [0.29, 0.717) is 5.75 Å². The summed E-state index contributed by atoms with van der Waals surface area (Å²) in [5, 5.41) is 5.93. The van der Waals surface area contributed by atoms with Gasteiger partial charge in [0.15, 0.2) is 5.78 Å². The number of carbonyl (C=O) groups excluding carboxylic acids is 1. The second kappa shape index (κ2) is 6.46. The molecule has 0 radical (unpaired) electrons. The maximum Gasteiger partial charge on any atom is 0.171 e. The number of methoxy groups -OCH3 is 1. The molecule has 27 heavy (non-hydrogen) atoms. The first-order valence-corrected chi connectivity index (χ1v) is 10.2. The third kappa shape index (κ3) is 2.63. The van der Waals surface area contributed by atoms with E-state index < -0.39 is 0 Å². The highest BCUT2D eigenvalue weighted by Crippen LogP contribution is 2.47. The predicted molar refractivity (Wildman–Crippen MR) is 112 cm³/mol. The minimum absolute atomic E-state index is 0.0779. The number of benzene rings is 3. The van der Waals surface area contributed by atoms with Gasteiger partial charge in [-0.1, -0.05) is 42.5 Å². The van der Waals surface area contributed by atoms with Crippen molar-refractivity contribution in [2.75, 3.05) is 23.9 Å². The second-order valence-corrected chi connectivity index (χ2v) is 7.88. The zero-order chi connectivity index (χ0) is 18.4. The third-order valence-corrected chi connectivity index (χ3v) is 6.32. The van der Waals surface area contributed by atoms with Crippen LogP contribution in [0.25, 0.3) is 10.8 Å². The van der Waals surface area contributed by atoms with Crippen LogP contribution in [0.3, 0.4) is 0 Å². The van der Waals surface area contributed by atoms with Crippen molar-refractivity contribution < 1.29 is 9.53 Å². The predicted octanol–water partition coefficient (Wildman–Crippen LogP) is 4.98. The van der Waals surface area contributed by atoms with Crippen LogP contribution in [-0.4, -0.2) is 24.4 Å². The molecule has 2 aliphatic rings. The zero-order valence-corrected chi connectivity index (χ0v) is 15.8. The van der Waals surface area contributed by atoms with Crippen LogP contribution in [0, 0.1) is 0 Å². The van der Waals surface area contributed by atoms with E-state index in [-0.39, 0.29) is 11.7 Å². The van der Waals surface area contributed by atoms with Gasteiger partial charge < -0.3 is 10.1 Å². The molecule has 3 aromatic carbocycles. The Balaban J connectivity index is 1.83. The van der Waals surface area contributed by atoms with Crippen molar-refractivity contribution in [1.82, 2.24) is 0 Å². The Labute approximate surface area is 162 Å². The van der Waals surface area contributed by atoms with E-state index in [2.05, 4.69) is 53.8 Å². The fourth-order valence-corrected chi connectivity index (χ4v) is 5.06. The first-order valence-electron chi connectivity index (χ1n) is 9.03. The van der Waals surface area contributed by atoms with E-state index in [1.54, 1.807) is 18.9 Å². The molecule has 0 bridgehead atoms. The summed E-state index contributed by atoms with van der Waals surface area (Å²) < 4.78 is 5.46. The van der Waals surface area contributed by atoms with Gasteiger partial charge in [-0.25, -0.2) is 0 Å². The molecule has 1 unspecified atom stereocenters. The Morgan fingerprint density at radius 3 is 2.81 bits per heavy atom. The summed E-state index contributed by atoms with van der Waals surface area (Å²) in [4.78, 5) is 13.0. The second-order valence-electron chi connectivity index (χ2n) is 6.89. The smallest absolute Gasteiger partial charge is 0.171 e. The quantitative estimate of drug-likeness (QED) is 0.688. The SMILES string of the molecule is COc1cccc(C2C3=C(CSCC3=O)Nc3ccc4ccccc4c32)c1. The van der Waals surface area contributed by atoms with Crippen molar-refractivity contribution in [1.29, 1.82) is 0 Å². The molecule has 3 aromatic rings. The number of allylic oxidation sites excluding steroid dienone is 1. The van der Waals surface area contributed by atoms with Gasteiger partial charge in [0, 0.05) is 28.6 Å². The van der Waals surface area contributed by atoms with Crippen LogP contribution in [0.5, 0.6) is 5.75 Å². The van der Waals surface area contributed by atoms with Crippen molar-refractivity contribution in [2.45, 2.75) is 5.92 Å². The summed E-state index contributed by atoms with van der Waals surface area (Å²) in [6.45, 7) is 0. The van der Waals surface area contributed by atoms with Gasteiger partial charge in [0.1, 0.15) is 5.75 Å². The molecule has 134 valence electrons. The number of Topliss-reactive ketones (excluding diaryl/α,β-unsaturated/α-hetero) is 1. The Bertz CT molecular complexity index is 1100. The highest BCUT2D eigenvalue weighted by Gasteiger charge is 2.36. The van der Waals surface area contributed by atoms with Gasteiger partial charge in [0.25, 0.3) is 0 Å². The molecule has 1 N–H and O–H groups in total. The summed E-state index contributed by atoms with van der Waals surface area (Å²) >= 11 is 1.68. The Kier molecular flexibility index (Phi) is 3.94. The number of carbonyl (C=O) groups is 1. The molecular weight excluding hydrogens is 354 g/mol. The van der Waals surface area contributed by atoms with Gasteiger partial charge in [-0.3, -0.25) is 4.79 Å². The average Bonchev–Trinajstić information content (AvgIpc) is 2.72. The van der Waals surface area contributed by atoms with E-state index in [1.165, 1.54) is 16.3 Å². The molecule has 0 amide bonds. The lowest BCUT2D eigenvalue weighted by Gasteiger charge is -2.34. The lowest BCUT2D eigenvalue weighted by molar-refractivity contribution is -0.113. The molecular formula is C23H19NO2S. The monoisotopic (exact) mass is 373 g/mol. The fourth-order valence-electron chi connectivity index (χ4n) is 4.19. The van der Waals surface area contributed by atoms with Crippen molar-refractivity contribution in [3.8, 4) is 5.75 Å². The van der Waals surface area contributed by atoms with Crippen molar-refractivity contribution in [3.05, 3.63) is 83.1 Å². The van der Waals surface area contributed by atoms with Crippen LogP contribution in [0.4, 0.5) is 5.69 Å². The Hall–Kier alpha value is -2.72. The van der Waals surface area contributed by atoms with Crippen molar-refractivity contribution >= 4 is 34.0 Å². The molecule has 4 heteroatoms. The molecule has 5 rings (SSSR count). The topological polar surface area (TPSA) is 38.3 Å². The number of ketones is 1. The van der Waals surface area contributed by atoms with Crippen LogP contribution in [-0.2, 0) is 4.79 Å². The number of nitrogens with one attached hydrogen (secondary N) is 1. The van der Waals surface area contributed by atoms with E-state index in [0.717, 1.165) is 34.0 Å². The number of fused-ring (bicyclic) bond motifs is 3. The number of rotatable bonds is 2. The molecule has 1 atom stereocenters. The molecule has 0 aliphatic carbocycles. The molecule has 0 saturated heterocycles. The van der Waals surface area contributed by atoms with E-state index in [4.69, 9.17) is 4.74 Å². The molecule has 0 aromatic heterocycles. The molecule has 0 saturated carbocycles. The molecule has 0 spiro atoms. The van der Waals surface area contributed by atoms with Crippen LogP contribution in [0.15, 0.2) is 71.9 Å². The number of ether oxygens (including phenoxy) is 1. The van der Waals surface area contributed by atoms with Gasteiger partial charge in [-0.15, -0.1) is 11.8 Å². The zero-order valence-electron chi connectivity index (χ0n) is 15.0. The summed E-state index contributed by atoms with van der Waals surface area (Å²) in [6, 6.07) is 20.8. The maximum absolute atomic E-state index is 13.0. The Morgan fingerprint density at radius 1 is 1.04 bits per heavy atom. The van der Waals surface area contributed by atoms with Crippen LogP contribution in [0.1, 0.15) is 17.0 Å². The van der Waals surface area contributed by atoms with Crippen LogP contribution >= 0.6 is 11.8 Å². The van der Waals surface area contributed by atoms with Gasteiger partial charge in [-0.2, -0.15) is 0 Å². The molecule has 0 fully saturated rings. The van der Waals surface area contributed by atoms with E-state index >= 15 is 0 Å². The molecule has 3 nitrogen and oxygen atoms in total. The molecule has 2 aliphatic heterocycles.